The monoisotopic (exact) mass is 426 g/mol. The maximum Gasteiger partial charge on any atom is 0.295 e. The third-order valence-corrected chi connectivity index (χ3v) is 5.24. The van der Waals surface area contributed by atoms with Gasteiger partial charge in [-0.2, -0.15) is 5.10 Å². The molecule has 1 amide bonds. The number of ketones is 1. The lowest BCUT2D eigenvalue weighted by molar-refractivity contribution is -0.140. The van der Waals surface area contributed by atoms with Gasteiger partial charge in [-0.15, -0.1) is 0 Å². The number of likely N-dealkylation sites (N-methyl/N-ethyl adjacent to an activating group) is 1. The molecule has 3 rings (SSSR count). The summed E-state index contributed by atoms with van der Waals surface area (Å²) in [5, 5.41) is 18.1. The fourth-order valence-corrected chi connectivity index (χ4v) is 3.83. The summed E-state index contributed by atoms with van der Waals surface area (Å²) in [4.78, 5) is 29.5. The molecule has 1 aromatic heterocycles. The van der Waals surface area contributed by atoms with Crippen molar-refractivity contribution in [2.45, 2.75) is 39.8 Å². The molecule has 2 heterocycles. The van der Waals surface area contributed by atoms with E-state index < -0.39 is 17.7 Å². The number of H-pyrrole nitrogens is 1. The van der Waals surface area contributed by atoms with E-state index in [0.717, 1.165) is 0 Å². The SMILES string of the molecule is Cc1n[nH]c(C)c1/C(O)=C1\C(=O)C(=O)N(CCN(C)C)[C@H]1c1cccc(OC(C)C)c1. The van der Waals surface area contributed by atoms with E-state index in [0.29, 0.717) is 41.4 Å². The fourth-order valence-electron chi connectivity index (χ4n) is 3.83. The Morgan fingerprint density at radius 1 is 1.29 bits per heavy atom. The zero-order valence-electron chi connectivity index (χ0n) is 18.9. The summed E-state index contributed by atoms with van der Waals surface area (Å²) in [6, 6.07) is 6.60. The van der Waals surface area contributed by atoms with Crippen molar-refractivity contribution in [1.82, 2.24) is 20.0 Å². The number of benzene rings is 1. The third kappa shape index (κ3) is 4.49. The molecule has 0 saturated carbocycles. The summed E-state index contributed by atoms with van der Waals surface area (Å²) in [5.41, 5.74) is 2.41. The first-order chi connectivity index (χ1) is 14.6. The van der Waals surface area contributed by atoms with Crippen LogP contribution < -0.4 is 4.74 Å². The average Bonchev–Trinajstić information content (AvgIpc) is 3.15. The summed E-state index contributed by atoms with van der Waals surface area (Å²) < 4.78 is 5.82. The van der Waals surface area contributed by atoms with Crippen LogP contribution in [0, 0.1) is 13.8 Å². The minimum absolute atomic E-state index is 0.0217. The van der Waals surface area contributed by atoms with Crippen LogP contribution in [0.4, 0.5) is 0 Å². The number of amides is 1. The third-order valence-electron chi connectivity index (χ3n) is 5.24. The first-order valence-electron chi connectivity index (χ1n) is 10.3. The minimum atomic E-state index is -0.718. The van der Waals surface area contributed by atoms with Crippen LogP contribution in [0.3, 0.4) is 0 Å². The highest BCUT2D eigenvalue weighted by atomic mass is 16.5. The van der Waals surface area contributed by atoms with Crippen molar-refractivity contribution < 1.29 is 19.4 Å². The number of aryl methyl sites for hydroxylation is 2. The van der Waals surface area contributed by atoms with Gasteiger partial charge in [0.2, 0.25) is 0 Å². The Morgan fingerprint density at radius 3 is 2.58 bits per heavy atom. The molecule has 0 aliphatic carbocycles. The molecular formula is C23H30N4O4. The zero-order valence-corrected chi connectivity index (χ0v) is 18.9. The number of hydrogen-bond donors (Lipinski definition) is 2. The van der Waals surface area contributed by atoms with Crippen molar-refractivity contribution in [1.29, 1.82) is 0 Å². The maximum absolute atomic E-state index is 13.1. The molecule has 0 unspecified atom stereocenters. The molecule has 0 spiro atoms. The van der Waals surface area contributed by atoms with Crippen molar-refractivity contribution in [3.05, 3.63) is 52.4 Å². The van der Waals surface area contributed by atoms with Gasteiger partial charge >= 0.3 is 0 Å². The second-order valence-corrected chi connectivity index (χ2v) is 8.34. The number of carbonyl (C=O) groups excluding carboxylic acids is 2. The Kier molecular flexibility index (Phi) is 6.50. The predicted octanol–water partition coefficient (Wildman–Crippen LogP) is 2.80. The van der Waals surface area contributed by atoms with E-state index >= 15 is 0 Å². The van der Waals surface area contributed by atoms with Crippen LogP contribution in [0.15, 0.2) is 29.8 Å². The van der Waals surface area contributed by atoms with E-state index in [1.807, 2.05) is 57.1 Å². The molecule has 1 atom stereocenters. The number of nitrogens with zero attached hydrogens (tertiary/aromatic N) is 3. The number of aliphatic hydroxyl groups excluding tert-OH is 1. The summed E-state index contributed by atoms with van der Waals surface area (Å²) >= 11 is 0. The highest BCUT2D eigenvalue weighted by Crippen LogP contribution is 2.40. The number of likely N-dealkylation sites (tertiary alicyclic amines) is 1. The number of ether oxygens (including phenoxy) is 1. The van der Waals surface area contributed by atoms with E-state index in [1.54, 1.807) is 13.8 Å². The Labute approximate surface area is 182 Å². The van der Waals surface area contributed by atoms with Crippen molar-refractivity contribution in [2.75, 3.05) is 27.2 Å². The number of hydrogen-bond acceptors (Lipinski definition) is 6. The van der Waals surface area contributed by atoms with Crippen molar-refractivity contribution in [3.8, 4) is 5.75 Å². The second kappa shape index (κ2) is 8.93. The summed E-state index contributed by atoms with van der Waals surface area (Å²) in [5.74, 6) is -0.894. The van der Waals surface area contributed by atoms with Crippen molar-refractivity contribution >= 4 is 17.4 Å². The maximum atomic E-state index is 13.1. The predicted molar refractivity (Wildman–Crippen MR) is 118 cm³/mol. The molecule has 166 valence electrons. The van der Waals surface area contributed by atoms with Crippen LogP contribution in [0.1, 0.15) is 42.4 Å². The van der Waals surface area contributed by atoms with Gasteiger partial charge < -0.3 is 19.6 Å². The first-order valence-corrected chi connectivity index (χ1v) is 10.3. The Hall–Kier alpha value is -3.13. The van der Waals surface area contributed by atoms with Gasteiger partial charge in [-0.3, -0.25) is 14.7 Å². The zero-order chi connectivity index (χ0) is 22.9. The number of aromatic nitrogens is 2. The molecule has 31 heavy (non-hydrogen) atoms. The number of Topliss-reactive ketones (excluding diaryl/α,β-unsaturated/α-hetero) is 1. The molecule has 1 aromatic carbocycles. The van der Waals surface area contributed by atoms with Gasteiger partial charge in [0.05, 0.1) is 29.0 Å². The number of nitrogens with one attached hydrogen (secondary N) is 1. The van der Waals surface area contributed by atoms with Crippen LogP contribution in [-0.4, -0.2) is 70.1 Å². The molecule has 2 N–H and O–H groups in total. The van der Waals surface area contributed by atoms with E-state index in [9.17, 15) is 14.7 Å². The largest absolute Gasteiger partial charge is 0.507 e. The number of aliphatic hydroxyl groups is 1. The molecular weight excluding hydrogens is 396 g/mol. The molecule has 2 aromatic rings. The quantitative estimate of drug-likeness (QED) is 0.401. The summed E-state index contributed by atoms with van der Waals surface area (Å²) in [7, 11) is 3.81. The molecule has 0 radical (unpaired) electrons. The Bertz CT molecular complexity index is 1000. The van der Waals surface area contributed by atoms with E-state index in [4.69, 9.17) is 4.74 Å². The minimum Gasteiger partial charge on any atom is -0.507 e. The Balaban J connectivity index is 2.17. The normalized spacial score (nSPS) is 18.5. The van der Waals surface area contributed by atoms with Crippen molar-refractivity contribution in [2.24, 2.45) is 0 Å². The summed E-state index contributed by atoms with van der Waals surface area (Å²) in [6.45, 7) is 8.30. The van der Waals surface area contributed by atoms with Crippen LogP contribution in [0.25, 0.3) is 5.76 Å². The average molecular weight is 427 g/mol. The number of aromatic amines is 1. The van der Waals surface area contributed by atoms with Gasteiger partial charge in [-0.25, -0.2) is 0 Å². The van der Waals surface area contributed by atoms with Crippen LogP contribution in [0.2, 0.25) is 0 Å². The molecule has 0 bridgehead atoms. The van der Waals surface area contributed by atoms with Crippen LogP contribution in [-0.2, 0) is 9.59 Å². The van der Waals surface area contributed by atoms with Gasteiger partial charge in [-0.1, -0.05) is 12.1 Å². The van der Waals surface area contributed by atoms with Crippen LogP contribution >= 0.6 is 0 Å². The fraction of sp³-hybridized carbons (Fsp3) is 0.435. The number of carbonyl (C=O) groups is 2. The lowest BCUT2D eigenvalue weighted by Gasteiger charge is -2.27. The topological polar surface area (TPSA) is 98.8 Å². The van der Waals surface area contributed by atoms with E-state index in [1.165, 1.54) is 4.90 Å². The molecule has 1 aliphatic rings. The molecule has 8 nitrogen and oxygen atoms in total. The lowest BCUT2D eigenvalue weighted by Crippen LogP contribution is -2.35. The van der Waals surface area contributed by atoms with Crippen LogP contribution in [0.5, 0.6) is 5.75 Å². The molecule has 1 aliphatic heterocycles. The van der Waals surface area contributed by atoms with Crippen molar-refractivity contribution in [3.63, 3.8) is 0 Å². The first kappa shape index (κ1) is 22.6. The highest BCUT2D eigenvalue weighted by Gasteiger charge is 2.46. The van der Waals surface area contributed by atoms with Gasteiger partial charge in [0.15, 0.2) is 0 Å². The van der Waals surface area contributed by atoms with Gasteiger partial charge in [0.1, 0.15) is 11.5 Å². The highest BCUT2D eigenvalue weighted by molar-refractivity contribution is 6.46. The van der Waals surface area contributed by atoms with E-state index in [2.05, 4.69) is 10.2 Å². The molecule has 1 saturated heterocycles. The van der Waals surface area contributed by atoms with Gasteiger partial charge in [-0.05, 0) is 59.5 Å². The lowest BCUT2D eigenvalue weighted by atomic mass is 9.94. The smallest absolute Gasteiger partial charge is 0.295 e. The number of rotatable bonds is 7. The second-order valence-electron chi connectivity index (χ2n) is 8.34. The van der Waals surface area contributed by atoms with Gasteiger partial charge in [0.25, 0.3) is 11.7 Å². The standard InChI is InChI=1S/C23H30N4O4/c1-13(2)31-17-9-7-8-16(12-17)20-19(21(28)18-14(3)24-25-15(18)4)22(29)23(30)27(20)11-10-26(5)6/h7-9,12-13,20,28H,10-11H2,1-6H3,(H,24,25)/b21-19+/t20-/m0/s1. The Morgan fingerprint density at radius 2 is 2.00 bits per heavy atom. The summed E-state index contributed by atoms with van der Waals surface area (Å²) in [6.07, 6.45) is -0.0217. The van der Waals surface area contributed by atoms with E-state index in [-0.39, 0.29) is 17.4 Å². The molecule has 1 fully saturated rings. The molecule has 8 heteroatoms. The van der Waals surface area contributed by atoms with Gasteiger partial charge in [0, 0.05) is 18.8 Å².